The van der Waals surface area contributed by atoms with Gasteiger partial charge in [-0.15, -0.1) is 0 Å². The first-order chi connectivity index (χ1) is 8.47. The Bertz CT molecular complexity index is 404. The van der Waals surface area contributed by atoms with Crippen LogP contribution in [0.4, 0.5) is 0 Å². The fourth-order valence-electron chi connectivity index (χ4n) is 2.57. The Morgan fingerprint density at radius 2 is 2.11 bits per heavy atom. The third kappa shape index (κ3) is 3.43. The van der Waals surface area contributed by atoms with Crippen LogP contribution in [-0.2, 0) is 14.8 Å². The summed E-state index contributed by atoms with van der Waals surface area (Å²) < 4.78 is 24.4. The number of carbonyl (C=O) groups is 1. The van der Waals surface area contributed by atoms with Crippen molar-refractivity contribution in [3.05, 3.63) is 0 Å². The zero-order chi connectivity index (χ0) is 13.2. The predicted molar refractivity (Wildman–Crippen MR) is 68.6 cm³/mol. The fourth-order valence-corrected chi connectivity index (χ4v) is 3.48. The number of sulfonamides is 1. The summed E-state index contributed by atoms with van der Waals surface area (Å²) in [4.78, 5) is 11.9. The molecule has 0 radical (unpaired) electrons. The van der Waals surface area contributed by atoms with E-state index in [1.54, 1.807) is 0 Å². The summed E-state index contributed by atoms with van der Waals surface area (Å²) >= 11 is 0. The largest absolute Gasteiger partial charge is 0.351 e. The molecular weight excluding hydrogens is 254 g/mol. The summed E-state index contributed by atoms with van der Waals surface area (Å²) in [5.74, 6) is 0.00727. The van der Waals surface area contributed by atoms with Crippen LogP contribution < -0.4 is 10.6 Å². The highest BCUT2D eigenvalue weighted by atomic mass is 32.2. The maximum atomic E-state index is 11.9. The Labute approximate surface area is 108 Å². The SMILES string of the molecule is CS(=O)(=O)N1CCCC(NC(=O)C2CCCN2)C1. The lowest BCUT2D eigenvalue weighted by Gasteiger charge is -2.32. The van der Waals surface area contributed by atoms with Crippen molar-refractivity contribution in [2.75, 3.05) is 25.9 Å². The Hall–Kier alpha value is -0.660. The minimum absolute atomic E-state index is 0.00727. The van der Waals surface area contributed by atoms with Crippen LogP contribution >= 0.6 is 0 Å². The molecule has 0 bridgehead atoms. The molecule has 0 saturated carbocycles. The Balaban J connectivity index is 1.87. The van der Waals surface area contributed by atoms with Crippen molar-refractivity contribution in [2.24, 2.45) is 0 Å². The molecule has 7 heteroatoms. The highest BCUT2D eigenvalue weighted by molar-refractivity contribution is 7.88. The Morgan fingerprint density at radius 3 is 2.72 bits per heavy atom. The molecule has 0 spiro atoms. The van der Waals surface area contributed by atoms with Crippen LogP contribution in [0.2, 0.25) is 0 Å². The van der Waals surface area contributed by atoms with Crippen LogP contribution in [0.5, 0.6) is 0 Å². The summed E-state index contributed by atoms with van der Waals surface area (Å²) in [6.07, 6.45) is 4.77. The van der Waals surface area contributed by atoms with E-state index in [2.05, 4.69) is 10.6 Å². The van der Waals surface area contributed by atoms with Gasteiger partial charge >= 0.3 is 0 Å². The quantitative estimate of drug-likeness (QED) is 0.712. The molecule has 0 aromatic carbocycles. The van der Waals surface area contributed by atoms with Gasteiger partial charge < -0.3 is 10.6 Å². The lowest BCUT2D eigenvalue weighted by molar-refractivity contribution is -0.123. The van der Waals surface area contributed by atoms with Gasteiger partial charge in [0.2, 0.25) is 15.9 Å². The summed E-state index contributed by atoms with van der Waals surface area (Å²) in [6, 6.07) is -0.151. The van der Waals surface area contributed by atoms with Crippen molar-refractivity contribution in [1.29, 1.82) is 0 Å². The minimum Gasteiger partial charge on any atom is -0.351 e. The van der Waals surface area contributed by atoms with Crippen LogP contribution in [0, 0.1) is 0 Å². The summed E-state index contributed by atoms with van der Waals surface area (Å²) in [5, 5.41) is 6.10. The summed E-state index contributed by atoms with van der Waals surface area (Å²) in [5.41, 5.74) is 0. The summed E-state index contributed by atoms with van der Waals surface area (Å²) in [6.45, 7) is 1.85. The second kappa shape index (κ2) is 5.54. The van der Waals surface area contributed by atoms with Crippen molar-refractivity contribution in [1.82, 2.24) is 14.9 Å². The first kappa shape index (κ1) is 13.8. The predicted octanol–water partition coefficient (Wildman–Crippen LogP) is -0.721. The molecule has 104 valence electrons. The molecule has 18 heavy (non-hydrogen) atoms. The van der Waals surface area contributed by atoms with Gasteiger partial charge in [0.05, 0.1) is 12.3 Å². The van der Waals surface area contributed by atoms with Gasteiger partial charge in [-0.25, -0.2) is 12.7 Å². The van der Waals surface area contributed by atoms with Gasteiger partial charge in [-0.1, -0.05) is 0 Å². The van der Waals surface area contributed by atoms with Crippen LogP contribution in [0.25, 0.3) is 0 Å². The van der Waals surface area contributed by atoms with Crippen molar-refractivity contribution in [2.45, 2.75) is 37.8 Å². The number of rotatable bonds is 3. The maximum absolute atomic E-state index is 11.9. The third-order valence-electron chi connectivity index (χ3n) is 3.58. The van der Waals surface area contributed by atoms with Gasteiger partial charge in [0.1, 0.15) is 0 Å². The van der Waals surface area contributed by atoms with E-state index in [0.717, 1.165) is 32.2 Å². The first-order valence-electron chi connectivity index (χ1n) is 6.46. The van der Waals surface area contributed by atoms with Crippen LogP contribution in [0.1, 0.15) is 25.7 Å². The minimum atomic E-state index is -3.15. The zero-order valence-electron chi connectivity index (χ0n) is 10.7. The van der Waals surface area contributed by atoms with Crippen molar-refractivity contribution >= 4 is 15.9 Å². The van der Waals surface area contributed by atoms with Crippen LogP contribution in [0.3, 0.4) is 0 Å². The van der Waals surface area contributed by atoms with E-state index >= 15 is 0 Å². The molecule has 0 aromatic heterocycles. The molecule has 2 heterocycles. The molecule has 2 aliphatic heterocycles. The number of nitrogens with one attached hydrogen (secondary N) is 2. The molecule has 6 nitrogen and oxygen atoms in total. The van der Waals surface area contributed by atoms with Crippen molar-refractivity contribution in [3.63, 3.8) is 0 Å². The first-order valence-corrected chi connectivity index (χ1v) is 8.30. The zero-order valence-corrected chi connectivity index (χ0v) is 11.5. The van der Waals surface area contributed by atoms with E-state index in [1.807, 2.05) is 0 Å². The normalized spacial score (nSPS) is 30.3. The average molecular weight is 275 g/mol. The maximum Gasteiger partial charge on any atom is 0.237 e. The molecule has 2 rings (SSSR count). The number of hydrogen-bond donors (Lipinski definition) is 2. The average Bonchev–Trinajstić information content (AvgIpc) is 2.81. The Kier molecular flexibility index (Phi) is 4.24. The molecular formula is C11H21N3O3S. The smallest absolute Gasteiger partial charge is 0.237 e. The van der Waals surface area contributed by atoms with E-state index in [4.69, 9.17) is 0 Å². The summed E-state index contributed by atoms with van der Waals surface area (Å²) in [7, 11) is -3.15. The van der Waals surface area contributed by atoms with E-state index < -0.39 is 10.0 Å². The number of amides is 1. The number of hydrogen-bond acceptors (Lipinski definition) is 4. The number of carbonyl (C=O) groups excluding carboxylic acids is 1. The molecule has 2 N–H and O–H groups in total. The van der Waals surface area contributed by atoms with Gasteiger partial charge in [-0.3, -0.25) is 4.79 Å². The molecule has 2 saturated heterocycles. The van der Waals surface area contributed by atoms with Gasteiger partial charge in [-0.2, -0.15) is 0 Å². The lowest BCUT2D eigenvalue weighted by atomic mass is 10.1. The molecule has 2 aliphatic rings. The van der Waals surface area contributed by atoms with Gasteiger partial charge in [0, 0.05) is 19.1 Å². The van der Waals surface area contributed by atoms with E-state index in [1.165, 1.54) is 10.6 Å². The van der Waals surface area contributed by atoms with Crippen LogP contribution in [-0.4, -0.2) is 56.6 Å². The van der Waals surface area contributed by atoms with E-state index in [9.17, 15) is 13.2 Å². The van der Waals surface area contributed by atoms with Gasteiger partial charge in [-0.05, 0) is 32.2 Å². The van der Waals surface area contributed by atoms with E-state index in [0.29, 0.717) is 13.1 Å². The molecule has 2 atom stereocenters. The second-order valence-electron chi connectivity index (χ2n) is 5.12. The van der Waals surface area contributed by atoms with Crippen LogP contribution in [0.15, 0.2) is 0 Å². The standard InChI is InChI=1S/C11H21N3O3S/c1-18(16,17)14-7-3-4-9(8-14)13-11(15)10-5-2-6-12-10/h9-10,12H,2-8H2,1H3,(H,13,15). The molecule has 2 fully saturated rings. The highest BCUT2D eigenvalue weighted by Gasteiger charge is 2.29. The van der Waals surface area contributed by atoms with Crippen molar-refractivity contribution in [3.8, 4) is 0 Å². The second-order valence-corrected chi connectivity index (χ2v) is 7.10. The molecule has 2 unspecified atom stereocenters. The van der Waals surface area contributed by atoms with E-state index in [-0.39, 0.29) is 18.0 Å². The highest BCUT2D eigenvalue weighted by Crippen LogP contribution is 2.14. The molecule has 1 amide bonds. The van der Waals surface area contributed by atoms with Gasteiger partial charge in [0.15, 0.2) is 0 Å². The molecule has 0 aromatic rings. The fraction of sp³-hybridized carbons (Fsp3) is 0.909. The lowest BCUT2D eigenvalue weighted by Crippen LogP contribution is -2.52. The number of nitrogens with zero attached hydrogens (tertiary/aromatic N) is 1. The van der Waals surface area contributed by atoms with Gasteiger partial charge in [0.25, 0.3) is 0 Å². The topological polar surface area (TPSA) is 78.5 Å². The third-order valence-corrected chi connectivity index (χ3v) is 4.85. The monoisotopic (exact) mass is 275 g/mol. The van der Waals surface area contributed by atoms with Crippen molar-refractivity contribution < 1.29 is 13.2 Å². The number of piperidine rings is 1. The molecule has 0 aliphatic carbocycles. The Morgan fingerprint density at radius 1 is 1.33 bits per heavy atom.